The lowest BCUT2D eigenvalue weighted by Gasteiger charge is -2.22. The molecule has 27 heavy (non-hydrogen) atoms. The van der Waals surface area contributed by atoms with Crippen molar-refractivity contribution in [3.63, 3.8) is 0 Å². The molecule has 0 unspecified atom stereocenters. The number of carbonyl (C=O) groups is 1. The third-order valence-corrected chi connectivity index (χ3v) is 7.67. The van der Waals surface area contributed by atoms with Crippen molar-refractivity contribution in [3.05, 3.63) is 63.8 Å². The van der Waals surface area contributed by atoms with E-state index in [9.17, 15) is 13.2 Å². The molecule has 0 spiro atoms. The first-order valence-electron chi connectivity index (χ1n) is 8.65. The van der Waals surface area contributed by atoms with E-state index in [0.717, 1.165) is 17.7 Å². The van der Waals surface area contributed by atoms with E-state index < -0.39 is 10.0 Å². The van der Waals surface area contributed by atoms with Crippen LogP contribution in [0.4, 0.5) is 0 Å². The van der Waals surface area contributed by atoms with Crippen LogP contribution in [0.15, 0.2) is 53.3 Å². The van der Waals surface area contributed by atoms with Crippen LogP contribution in [0, 0.1) is 0 Å². The van der Waals surface area contributed by atoms with Crippen molar-refractivity contribution in [2.24, 2.45) is 0 Å². The summed E-state index contributed by atoms with van der Waals surface area (Å²) in [7, 11) is -3.70. The molecule has 0 aliphatic carbocycles. The monoisotopic (exact) mass is 424 g/mol. The zero-order chi connectivity index (χ0) is 19.4. The van der Waals surface area contributed by atoms with Gasteiger partial charge >= 0.3 is 0 Å². The molecule has 1 amide bonds. The molecule has 5 nitrogen and oxygen atoms in total. The molecule has 2 heterocycles. The summed E-state index contributed by atoms with van der Waals surface area (Å²) < 4.78 is 27.2. The SMILES string of the molecule is C=CCN(Cc1cccs1)C(=O)c1ccc(Cl)c(S(=O)(=O)N2CCCC2)c1. The van der Waals surface area contributed by atoms with Gasteiger partial charge in [0.05, 0.1) is 11.6 Å². The summed E-state index contributed by atoms with van der Waals surface area (Å²) in [5.41, 5.74) is 0.301. The van der Waals surface area contributed by atoms with Gasteiger partial charge in [0.1, 0.15) is 4.90 Å². The van der Waals surface area contributed by atoms with Crippen LogP contribution in [0.3, 0.4) is 0 Å². The number of hydrogen-bond donors (Lipinski definition) is 0. The van der Waals surface area contributed by atoms with E-state index >= 15 is 0 Å². The summed E-state index contributed by atoms with van der Waals surface area (Å²) in [5, 5.41) is 2.08. The number of halogens is 1. The zero-order valence-electron chi connectivity index (χ0n) is 14.8. The van der Waals surface area contributed by atoms with Crippen LogP contribution in [0.5, 0.6) is 0 Å². The molecule has 8 heteroatoms. The smallest absolute Gasteiger partial charge is 0.254 e. The van der Waals surface area contributed by atoms with Gasteiger partial charge in [-0.1, -0.05) is 23.7 Å². The van der Waals surface area contributed by atoms with E-state index in [1.165, 1.54) is 16.4 Å². The number of nitrogens with zero attached hydrogens (tertiary/aromatic N) is 2. The Bertz CT molecular complexity index is 920. The fourth-order valence-electron chi connectivity index (χ4n) is 3.05. The second-order valence-electron chi connectivity index (χ2n) is 6.31. The summed E-state index contributed by atoms with van der Waals surface area (Å²) in [6.45, 7) is 5.50. The average Bonchev–Trinajstić information content (AvgIpc) is 3.35. The molecule has 0 radical (unpaired) electrons. The van der Waals surface area contributed by atoms with Gasteiger partial charge in [-0.2, -0.15) is 4.31 Å². The van der Waals surface area contributed by atoms with Crippen LogP contribution in [0.25, 0.3) is 0 Å². The molecule has 1 aliphatic heterocycles. The maximum Gasteiger partial charge on any atom is 0.254 e. The molecule has 1 fully saturated rings. The second kappa shape index (κ2) is 8.56. The Balaban J connectivity index is 1.91. The van der Waals surface area contributed by atoms with E-state index in [4.69, 9.17) is 11.6 Å². The standard InChI is InChI=1S/C19H21ClN2O3S2/c1-2-9-21(14-16-6-5-12-26-16)19(23)15-7-8-17(20)18(13-15)27(24,25)22-10-3-4-11-22/h2,5-8,12-13H,1,3-4,9-11,14H2. The largest absolute Gasteiger partial charge is 0.330 e. The summed E-state index contributed by atoms with van der Waals surface area (Å²) in [5.74, 6) is -0.252. The van der Waals surface area contributed by atoms with E-state index in [0.29, 0.717) is 31.7 Å². The van der Waals surface area contributed by atoms with Crippen molar-refractivity contribution in [2.75, 3.05) is 19.6 Å². The van der Waals surface area contributed by atoms with Gasteiger partial charge in [-0.25, -0.2) is 8.42 Å². The van der Waals surface area contributed by atoms with E-state index in [2.05, 4.69) is 6.58 Å². The van der Waals surface area contributed by atoms with Crippen LogP contribution < -0.4 is 0 Å². The van der Waals surface area contributed by atoms with Crippen LogP contribution in [-0.2, 0) is 16.6 Å². The molecule has 1 saturated heterocycles. The van der Waals surface area contributed by atoms with Crippen LogP contribution >= 0.6 is 22.9 Å². The lowest BCUT2D eigenvalue weighted by molar-refractivity contribution is 0.0764. The summed E-state index contributed by atoms with van der Waals surface area (Å²) >= 11 is 7.74. The first-order chi connectivity index (χ1) is 12.9. The minimum atomic E-state index is -3.70. The molecule has 1 aromatic carbocycles. The van der Waals surface area contributed by atoms with Crippen LogP contribution in [-0.4, -0.2) is 43.2 Å². The maximum atomic E-state index is 13.0. The predicted molar refractivity (Wildman–Crippen MR) is 109 cm³/mol. The quantitative estimate of drug-likeness (QED) is 0.631. The van der Waals surface area contributed by atoms with Crippen molar-refractivity contribution in [1.29, 1.82) is 0 Å². The first-order valence-corrected chi connectivity index (χ1v) is 11.4. The van der Waals surface area contributed by atoms with Crippen molar-refractivity contribution in [2.45, 2.75) is 24.3 Å². The Morgan fingerprint density at radius 1 is 1.30 bits per heavy atom. The molecule has 1 aromatic heterocycles. The highest BCUT2D eigenvalue weighted by Gasteiger charge is 2.30. The Morgan fingerprint density at radius 2 is 2.04 bits per heavy atom. The van der Waals surface area contributed by atoms with Gasteiger partial charge in [0, 0.05) is 30.1 Å². The summed E-state index contributed by atoms with van der Waals surface area (Å²) in [6, 6.07) is 8.33. The molecule has 0 N–H and O–H groups in total. The average molecular weight is 425 g/mol. The molecule has 0 saturated carbocycles. The maximum absolute atomic E-state index is 13.0. The number of amides is 1. The summed E-state index contributed by atoms with van der Waals surface area (Å²) in [4.78, 5) is 15.7. The number of thiophene rings is 1. The summed E-state index contributed by atoms with van der Waals surface area (Å²) in [6.07, 6.45) is 3.33. The number of rotatable bonds is 7. The molecular weight excluding hydrogens is 404 g/mol. The van der Waals surface area contributed by atoms with Gasteiger partial charge in [-0.05, 0) is 42.5 Å². The molecule has 2 aromatic rings. The Kier molecular flexibility index (Phi) is 6.37. The number of benzene rings is 1. The molecular formula is C19H21ClN2O3S2. The Labute approximate surface area is 168 Å². The minimum Gasteiger partial charge on any atom is -0.330 e. The van der Waals surface area contributed by atoms with Gasteiger partial charge in [0.15, 0.2) is 0 Å². The highest BCUT2D eigenvalue weighted by molar-refractivity contribution is 7.89. The third-order valence-electron chi connectivity index (χ3n) is 4.42. The van der Waals surface area contributed by atoms with Crippen LogP contribution in [0.2, 0.25) is 5.02 Å². The number of sulfonamides is 1. The fraction of sp³-hybridized carbons (Fsp3) is 0.316. The second-order valence-corrected chi connectivity index (χ2v) is 9.66. The highest BCUT2D eigenvalue weighted by Crippen LogP contribution is 2.28. The van der Waals surface area contributed by atoms with E-state index in [1.54, 1.807) is 28.4 Å². The Morgan fingerprint density at radius 3 is 2.67 bits per heavy atom. The lowest BCUT2D eigenvalue weighted by Crippen LogP contribution is -2.31. The number of hydrogen-bond acceptors (Lipinski definition) is 4. The first kappa shape index (κ1) is 20.1. The molecule has 0 bridgehead atoms. The van der Waals surface area contributed by atoms with Gasteiger partial charge in [-0.3, -0.25) is 4.79 Å². The topological polar surface area (TPSA) is 57.7 Å². The van der Waals surface area contributed by atoms with Gasteiger partial charge < -0.3 is 4.90 Å². The van der Waals surface area contributed by atoms with Gasteiger partial charge in [-0.15, -0.1) is 17.9 Å². The predicted octanol–water partition coefficient (Wildman–Crippen LogP) is 4.01. The van der Waals surface area contributed by atoms with Crippen LogP contribution in [0.1, 0.15) is 28.1 Å². The minimum absolute atomic E-state index is 0.00778. The van der Waals surface area contributed by atoms with Gasteiger partial charge in [0.25, 0.3) is 5.91 Å². The third kappa shape index (κ3) is 4.43. The fourth-order valence-corrected chi connectivity index (χ4v) is 5.79. The molecule has 1 aliphatic rings. The van der Waals surface area contributed by atoms with E-state index in [1.807, 2.05) is 17.5 Å². The molecule has 0 atom stereocenters. The Hall–Kier alpha value is -1.67. The van der Waals surface area contributed by atoms with E-state index in [-0.39, 0.29) is 15.8 Å². The normalized spacial score (nSPS) is 15.0. The lowest BCUT2D eigenvalue weighted by atomic mass is 10.2. The molecule has 3 rings (SSSR count). The van der Waals surface area contributed by atoms with Gasteiger partial charge in [0.2, 0.25) is 10.0 Å². The zero-order valence-corrected chi connectivity index (χ0v) is 17.2. The van der Waals surface area contributed by atoms with Crippen molar-refractivity contribution in [1.82, 2.24) is 9.21 Å². The number of carbonyl (C=O) groups excluding carboxylic acids is 1. The molecule has 144 valence electrons. The van der Waals surface area contributed by atoms with Crippen molar-refractivity contribution < 1.29 is 13.2 Å². The van der Waals surface area contributed by atoms with Crippen molar-refractivity contribution >= 4 is 38.9 Å². The highest BCUT2D eigenvalue weighted by atomic mass is 35.5. The van der Waals surface area contributed by atoms with Crippen molar-refractivity contribution in [3.8, 4) is 0 Å².